The van der Waals surface area contributed by atoms with Crippen molar-refractivity contribution >= 4 is 0 Å². The fourth-order valence-electron chi connectivity index (χ4n) is 1.73. The van der Waals surface area contributed by atoms with Crippen molar-refractivity contribution in [2.24, 2.45) is 0 Å². The van der Waals surface area contributed by atoms with Gasteiger partial charge >= 0.3 is 0 Å². The summed E-state index contributed by atoms with van der Waals surface area (Å²) in [6.07, 6.45) is 1.13. The number of nitrogens with one attached hydrogen (secondary N) is 1. The van der Waals surface area contributed by atoms with Gasteiger partial charge in [-0.15, -0.1) is 0 Å². The topological polar surface area (TPSA) is 30.5 Å². The van der Waals surface area contributed by atoms with Crippen LogP contribution in [0.25, 0.3) is 0 Å². The van der Waals surface area contributed by atoms with Crippen LogP contribution in [0.1, 0.15) is 37.4 Å². The highest BCUT2D eigenvalue weighted by Crippen LogP contribution is 2.26. The zero-order valence-electron chi connectivity index (χ0n) is 11.2. The average molecular weight is 237 g/mol. The molecule has 0 aromatic heterocycles. The lowest BCUT2D eigenvalue weighted by Gasteiger charge is -2.18. The highest BCUT2D eigenvalue weighted by Gasteiger charge is 2.11. The first kappa shape index (κ1) is 14.0. The van der Waals surface area contributed by atoms with E-state index in [2.05, 4.69) is 38.2 Å². The molecule has 0 amide bonds. The minimum atomic E-state index is 0.288. The fourth-order valence-corrected chi connectivity index (χ4v) is 1.73. The van der Waals surface area contributed by atoms with E-state index in [4.69, 9.17) is 9.47 Å². The third-order valence-electron chi connectivity index (χ3n) is 2.66. The van der Waals surface area contributed by atoms with Gasteiger partial charge in [-0.2, -0.15) is 0 Å². The van der Waals surface area contributed by atoms with Crippen LogP contribution in [0.5, 0.6) is 5.75 Å². The monoisotopic (exact) mass is 237 g/mol. The van der Waals surface area contributed by atoms with Crippen LogP contribution < -0.4 is 10.1 Å². The Morgan fingerprint density at radius 3 is 2.76 bits per heavy atom. The maximum Gasteiger partial charge on any atom is 0.188 e. The molecule has 1 unspecified atom stereocenters. The van der Waals surface area contributed by atoms with Crippen molar-refractivity contribution in [3.05, 3.63) is 29.3 Å². The second-order valence-corrected chi connectivity index (χ2v) is 4.27. The van der Waals surface area contributed by atoms with E-state index in [0.29, 0.717) is 6.04 Å². The smallest absolute Gasteiger partial charge is 0.188 e. The zero-order chi connectivity index (χ0) is 12.7. The normalized spacial score (nSPS) is 12.5. The Morgan fingerprint density at radius 2 is 2.12 bits per heavy atom. The van der Waals surface area contributed by atoms with Crippen LogP contribution in [0.4, 0.5) is 0 Å². The van der Waals surface area contributed by atoms with E-state index >= 15 is 0 Å². The van der Waals surface area contributed by atoms with E-state index in [0.717, 1.165) is 18.7 Å². The average Bonchev–Trinajstić information content (AvgIpc) is 2.34. The second-order valence-electron chi connectivity index (χ2n) is 4.27. The quantitative estimate of drug-likeness (QED) is 0.739. The summed E-state index contributed by atoms with van der Waals surface area (Å²) in [5.41, 5.74) is 2.44. The fraction of sp³-hybridized carbons (Fsp3) is 0.571. The lowest BCUT2D eigenvalue weighted by molar-refractivity contribution is 0.0501. The highest BCUT2D eigenvalue weighted by atomic mass is 16.7. The van der Waals surface area contributed by atoms with E-state index in [9.17, 15) is 0 Å². The first-order valence-electron chi connectivity index (χ1n) is 6.14. The van der Waals surface area contributed by atoms with Crippen LogP contribution >= 0.6 is 0 Å². The molecule has 1 aromatic carbocycles. The van der Waals surface area contributed by atoms with Gasteiger partial charge in [-0.1, -0.05) is 24.6 Å². The number of methoxy groups -OCH3 is 1. The number of rotatable bonds is 7. The Labute approximate surface area is 104 Å². The van der Waals surface area contributed by atoms with Crippen LogP contribution in [-0.2, 0) is 4.74 Å². The summed E-state index contributed by atoms with van der Waals surface area (Å²) in [4.78, 5) is 0. The van der Waals surface area contributed by atoms with Gasteiger partial charge in [0.15, 0.2) is 6.79 Å². The van der Waals surface area contributed by atoms with Crippen molar-refractivity contribution in [2.75, 3.05) is 20.4 Å². The van der Waals surface area contributed by atoms with Gasteiger partial charge in [0.1, 0.15) is 5.75 Å². The highest BCUT2D eigenvalue weighted by molar-refractivity contribution is 5.38. The molecule has 1 atom stereocenters. The van der Waals surface area contributed by atoms with Crippen LogP contribution in [0.15, 0.2) is 18.2 Å². The molecule has 0 fully saturated rings. The summed E-state index contributed by atoms with van der Waals surface area (Å²) >= 11 is 0. The summed E-state index contributed by atoms with van der Waals surface area (Å²) in [7, 11) is 1.63. The molecule has 0 spiro atoms. The van der Waals surface area contributed by atoms with Crippen LogP contribution in [0.3, 0.4) is 0 Å². The lowest BCUT2D eigenvalue weighted by Crippen LogP contribution is -2.20. The van der Waals surface area contributed by atoms with Gasteiger partial charge < -0.3 is 14.8 Å². The molecule has 0 aliphatic carbocycles. The maximum absolute atomic E-state index is 5.58. The molecule has 1 N–H and O–H groups in total. The van der Waals surface area contributed by atoms with E-state index in [1.165, 1.54) is 11.1 Å². The molecule has 0 bridgehead atoms. The summed E-state index contributed by atoms with van der Waals surface area (Å²) in [6, 6.07) is 6.52. The molecule has 1 rings (SSSR count). The van der Waals surface area contributed by atoms with Gasteiger partial charge in [-0.25, -0.2) is 0 Å². The summed E-state index contributed by atoms with van der Waals surface area (Å²) in [6.45, 7) is 7.72. The first-order valence-corrected chi connectivity index (χ1v) is 6.14. The SMILES string of the molecule is CCCNC(C)c1cc(C)ccc1OCOC. The van der Waals surface area contributed by atoms with Crippen molar-refractivity contribution in [3.63, 3.8) is 0 Å². The van der Waals surface area contributed by atoms with E-state index in [-0.39, 0.29) is 6.79 Å². The molecule has 1 aromatic rings. The predicted octanol–water partition coefficient (Wildman–Crippen LogP) is 3.04. The van der Waals surface area contributed by atoms with Crippen molar-refractivity contribution in [2.45, 2.75) is 33.2 Å². The number of aryl methyl sites for hydroxylation is 1. The summed E-state index contributed by atoms with van der Waals surface area (Å²) in [5, 5.41) is 3.47. The molecule has 0 radical (unpaired) electrons. The molecule has 3 heteroatoms. The minimum absolute atomic E-state index is 0.288. The molecule has 0 heterocycles. The van der Waals surface area contributed by atoms with E-state index in [1.807, 2.05) is 6.07 Å². The lowest BCUT2D eigenvalue weighted by atomic mass is 10.0. The number of hydrogen-bond donors (Lipinski definition) is 1. The van der Waals surface area contributed by atoms with Crippen LogP contribution in [-0.4, -0.2) is 20.4 Å². The minimum Gasteiger partial charge on any atom is -0.467 e. The molecule has 0 aliphatic rings. The molecule has 96 valence electrons. The molecule has 0 saturated heterocycles. The largest absolute Gasteiger partial charge is 0.467 e. The molecule has 17 heavy (non-hydrogen) atoms. The van der Waals surface area contributed by atoms with Gasteiger partial charge in [0.25, 0.3) is 0 Å². The van der Waals surface area contributed by atoms with Gasteiger partial charge in [0, 0.05) is 18.7 Å². The Balaban J connectivity index is 2.81. The standard InChI is InChI=1S/C14H23NO2/c1-5-8-15-12(3)13-9-11(2)6-7-14(13)17-10-16-4/h6-7,9,12,15H,5,8,10H2,1-4H3. The third-order valence-corrected chi connectivity index (χ3v) is 2.66. The van der Waals surface area contributed by atoms with Crippen molar-refractivity contribution < 1.29 is 9.47 Å². The van der Waals surface area contributed by atoms with Gasteiger partial charge in [0.05, 0.1) is 0 Å². The van der Waals surface area contributed by atoms with Crippen LogP contribution in [0.2, 0.25) is 0 Å². The summed E-state index contributed by atoms with van der Waals surface area (Å²) < 4.78 is 10.5. The van der Waals surface area contributed by atoms with Gasteiger partial charge in [-0.05, 0) is 32.9 Å². The van der Waals surface area contributed by atoms with Crippen molar-refractivity contribution in [1.82, 2.24) is 5.32 Å². The Morgan fingerprint density at radius 1 is 1.35 bits per heavy atom. The molecule has 3 nitrogen and oxygen atoms in total. The van der Waals surface area contributed by atoms with E-state index in [1.54, 1.807) is 7.11 Å². The Bertz CT molecular complexity index is 339. The van der Waals surface area contributed by atoms with Crippen LogP contribution in [0, 0.1) is 6.92 Å². The zero-order valence-corrected chi connectivity index (χ0v) is 11.2. The molecule has 0 aliphatic heterocycles. The number of hydrogen-bond acceptors (Lipinski definition) is 3. The van der Waals surface area contributed by atoms with E-state index < -0.39 is 0 Å². The molecular formula is C14H23NO2. The first-order chi connectivity index (χ1) is 8.19. The third kappa shape index (κ3) is 4.36. The summed E-state index contributed by atoms with van der Waals surface area (Å²) in [5.74, 6) is 0.897. The number of benzene rings is 1. The Kier molecular flexibility index (Phi) is 6.01. The van der Waals surface area contributed by atoms with Crippen molar-refractivity contribution in [3.8, 4) is 5.75 Å². The maximum atomic E-state index is 5.58. The predicted molar refractivity (Wildman–Crippen MR) is 70.4 cm³/mol. The van der Waals surface area contributed by atoms with Gasteiger partial charge in [-0.3, -0.25) is 0 Å². The number of ether oxygens (including phenoxy) is 2. The molecule has 0 saturated carbocycles. The Hall–Kier alpha value is -1.06. The second kappa shape index (κ2) is 7.30. The van der Waals surface area contributed by atoms with Gasteiger partial charge in [0.2, 0.25) is 0 Å². The molecular weight excluding hydrogens is 214 g/mol. The van der Waals surface area contributed by atoms with Crippen molar-refractivity contribution in [1.29, 1.82) is 0 Å².